The fourth-order valence-electron chi connectivity index (χ4n) is 2.39. The third-order valence-electron chi connectivity index (χ3n) is 3.33. The summed E-state index contributed by atoms with van der Waals surface area (Å²) in [4.78, 5) is 16.7. The van der Waals surface area contributed by atoms with Crippen molar-refractivity contribution in [1.82, 2.24) is 10.3 Å². The Balaban J connectivity index is 2.22. The summed E-state index contributed by atoms with van der Waals surface area (Å²) in [5, 5.41) is 16.5. The molecule has 0 saturated heterocycles. The van der Waals surface area contributed by atoms with Crippen molar-refractivity contribution in [3.63, 3.8) is 0 Å². The number of thiophene rings is 1. The molecule has 1 aromatic carbocycles. The molecular weight excluding hydrogens is 320 g/mol. The number of phenolic OH excluding ortho intramolecular Hbond substituents is 1. The van der Waals surface area contributed by atoms with E-state index in [9.17, 15) is 9.90 Å². The zero-order chi connectivity index (χ0) is 15.7. The van der Waals surface area contributed by atoms with Crippen LogP contribution in [0.5, 0.6) is 5.75 Å². The van der Waals surface area contributed by atoms with E-state index in [0.29, 0.717) is 21.5 Å². The van der Waals surface area contributed by atoms with Crippen LogP contribution in [0.4, 0.5) is 0 Å². The van der Waals surface area contributed by atoms with Gasteiger partial charge in [0.05, 0.1) is 11.1 Å². The van der Waals surface area contributed by atoms with Gasteiger partial charge in [-0.15, -0.1) is 11.3 Å². The van der Waals surface area contributed by atoms with Gasteiger partial charge in [0.2, 0.25) is 5.91 Å². The number of phenols is 1. The smallest absolute Gasteiger partial charge is 0.217 e. The van der Waals surface area contributed by atoms with E-state index in [1.807, 2.05) is 17.5 Å². The van der Waals surface area contributed by atoms with Gasteiger partial charge in [-0.3, -0.25) is 9.78 Å². The van der Waals surface area contributed by atoms with Crippen LogP contribution in [0.2, 0.25) is 5.02 Å². The Bertz CT molecular complexity index is 834. The van der Waals surface area contributed by atoms with Gasteiger partial charge in [-0.25, -0.2) is 0 Å². The van der Waals surface area contributed by atoms with Crippen molar-refractivity contribution in [3.05, 3.63) is 57.4 Å². The second-order valence-corrected chi connectivity index (χ2v) is 6.23. The van der Waals surface area contributed by atoms with Gasteiger partial charge in [0, 0.05) is 28.9 Å². The third kappa shape index (κ3) is 2.65. The maximum Gasteiger partial charge on any atom is 0.217 e. The van der Waals surface area contributed by atoms with Gasteiger partial charge in [-0.2, -0.15) is 0 Å². The van der Waals surface area contributed by atoms with E-state index in [2.05, 4.69) is 10.3 Å². The molecule has 4 nitrogen and oxygen atoms in total. The molecule has 2 heterocycles. The zero-order valence-corrected chi connectivity index (χ0v) is 13.3. The highest BCUT2D eigenvalue weighted by molar-refractivity contribution is 7.10. The van der Waals surface area contributed by atoms with Crippen molar-refractivity contribution in [2.75, 3.05) is 0 Å². The zero-order valence-electron chi connectivity index (χ0n) is 11.7. The molecule has 3 aromatic rings. The number of nitrogens with one attached hydrogen (secondary N) is 1. The van der Waals surface area contributed by atoms with Gasteiger partial charge in [0.1, 0.15) is 11.3 Å². The summed E-state index contributed by atoms with van der Waals surface area (Å²) >= 11 is 7.81. The first-order valence-electron chi connectivity index (χ1n) is 6.64. The fraction of sp³-hybridized carbons (Fsp3) is 0.125. The first-order chi connectivity index (χ1) is 10.6. The van der Waals surface area contributed by atoms with Crippen LogP contribution in [0.25, 0.3) is 10.9 Å². The summed E-state index contributed by atoms with van der Waals surface area (Å²) in [6.07, 6.45) is 1.60. The van der Waals surface area contributed by atoms with Gasteiger partial charge < -0.3 is 10.4 Å². The van der Waals surface area contributed by atoms with Gasteiger partial charge in [-0.1, -0.05) is 17.7 Å². The molecule has 1 atom stereocenters. The van der Waals surface area contributed by atoms with Crippen LogP contribution in [-0.4, -0.2) is 16.0 Å². The van der Waals surface area contributed by atoms with E-state index in [1.54, 1.807) is 24.4 Å². The lowest BCUT2D eigenvalue weighted by Gasteiger charge is -2.19. The monoisotopic (exact) mass is 332 g/mol. The lowest BCUT2D eigenvalue weighted by Crippen LogP contribution is -2.26. The molecule has 0 aliphatic heterocycles. The molecule has 2 aromatic heterocycles. The molecule has 0 aliphatic carbocycles. The largest absolute Gasteiger partial charge is 0.505 e. The third-order valence-corrected chi connectivity index (χ3v) is 4.58. The van der Waals surface area contributed by atoms with Crippen LogP contribution in [0.1, 0.15) is 23.4 Å². The lowest BCUT2D eigenvalue weighted by atomic mass is 10.0. The fourth-order valence-corrected chi connectivity index (χ4v) is 3.45. The molecule has 0 aliphatic rings. The first-order valence-corrected chi connectivity index (χ1v) is 7.90. The molecule has 22 heavy (non-hydrogen) atoms. The normalized spacial score (nSPS) is 12.3. The second kappa shape index (κ2) is 5.94. The molecular formula is C16H13ClN2O2S. The molecule has 3 rings (SSSR count). The minimum atomic E-state index is -0.457. The molecule has 0 radical (unpaired) electrons. The first kappa shape index (κ1) is 14.8. The summed E-state index contributed by atoms with van der Waals surface area (Å²) in [5.74, 6) is -0.151. The van der Waals surface area contributed by atoms with Gasteiger partial charge >= 0.3 is 0 Å². The molecule has 2 N–H and O–H groups in total. The number of fused-ring (bicyclic) bond motifs is 1. The molecule has 0 bridgehead atoms. The lowest BCUT2D eigenvalue weighted by molar-refractivity contribution is -0.119. The predicted molar refractivity (Wildman–Crippen MR) is 88.4 cm³/mol. The van der Waals surface area contributed by atoms with Crippen molar-refractivity contribution in [1.29, 1.82) is 0 Å². The Hall–Kier alpha value is -2.11. The van der Waals surface area contributed by atoms with Crippen molar-refractivity contribution < 1.29 is 9.90 Å². The van der Waals surface area contributed by atoms with Crippen molar-refractivity contribution in [2.45, 2.75) is 13.0 Å². The number of aromatic hydroxyl groups is 1. The maximum atomic E-state index is 11.5. The predicted octanol–water partition coefficient (Wildman–Crippen LogP) is 3.88. The highest BCUT2D eigenvalue weighted by Gasteiger charge is 2.22. The van der Waals surface area contributed by atoms with Crippen LogP contribution in [0, 0.1) is 0 Å². The average Bonchev–Trinajstić information content (AvgIpc) is 3.03. The number of benzene rings is 1. The number of amides is 1. The summed E-state index contributed by atoms with van der Waals surface area (Å²) in [5.41, 5.74) is 0.964. The van der Waals surface area contributed by atoms with E-state index in [0.717, 1.165) is 4.88 Å². The topological polar surface area (TPSA) is 62.2 Å². The number of hydrogen-bond acceptors (Lipinski definition) is 4. The van der Waals surface area contributed by atoms with Gasteiger partial charge in [0.25, 0.3) is 0 Å². The van der Waals surface area contributed by atoms with E-state index in [-0.39, 0.29) is 11.7 Å². The molecule has 0 unspecified atom stereocenters. The van der Waals surface area contributed by atoms with Crippen LogP contribution in [-0.2, 0) is 4.79 Å². The number of hydrogen-bond donors (Lipinski definition) is 2. The van der Waals surface area contributed by atoms with E-state index in [1.165, 1.54) is 18.3 Å². The molecule has 0 spiro atoms. The highest BCUT2D eigenvalue weighted by atomic mass is 35.5. The van der Waals surface area contributed by atoms with Crippen LogP contribution < -0.4 is 5.32 Å². The Labute approximate surface area is 136 Å². The number of aromatic nitrogens is 1. The second-order valence-electron chi connectivity index (χ2n) is 4.84. The quantitative estimate of drug-likeness (QED) is 0.765. The van der Waals surface area contributed by atoms with Gasteiger partial charge in [0.15, 0.2) is 0 Å². The number of carbonyl (C=O) groups is 1. The number of nitrogens with zero attached hydrogens (tertiary/aromatic N) is 1. The molecule has 1 amide bonds. The number of carbonyl (C=O) groups excluding carboxylic acids is 1. The standard InChI is InChI=1S/C16H13ClN2O2S/c1-9(20)19-14(13-5-3-7-22-13)11-8-12(17)10-4-2-6-18-15(10)16(11)21/h2-8,14,21H,1H3,(H,19,20)/t14-/m1/s1. The van der Waals surface area contributed by atoms with Crippen LogP contribution >= 0.6 is 22.9 Å². The summed E-state index contributed by atoms with van der Waals surface area (Å²) in [6, 6.07) is 8.58. The Kier molecular flexibility index (Phi) is 4.00. The minimum absolute atomic E-state index is 0.0344. The van der Waals surface area contributed by atoms with Crippen molar-refractivity contribution in [2.24, 2.45) is 0 Å². The number of pyridine rings is 1. The molecule has 112 valence electrons. The molecule has 0 saturated carbocycles. The molecule has 6 heteroatoms. The Morgan fingerprint density at radius 3 is 2.91 bits per heavy atom. The van der Waals surface area contributed by atoms with Gasteiger partial charge in [-0.05, 0) is 29.6 Å². The molecule has 0 fully saturated rings. The van der Waals surface area contributed by atoms with E-state index in [4.69, 9.17) is 11.6 Å². The SMILES string of the molecule is CC(=O)N[C@@H](c1cccs1)c1cc(Cl)c2cccnc2c1O. The highest BCUT2D eigenvalue weighted by Crippen LogP contribution is 2.39. The maximum absolute atomic E-state index is 11.5. The number of rotatable bonds is 3. The van der Waals surface area contributed by atoms with Crippen LogP contribution in [0.3, 0.4) is 0 Å². The summed E-state index contributed by atoms with van der Waals surface area (Å²) in [6.45, 7) is 1.44. The number of halogens is 1. The Morgan fingerprint density at radius 2 is 2.23 bits per heavy atom. The minimum Gasteiger partial charge on any atom is -0.505 e. The Morgan fingerprint density at radius 1 is 1.41 bits per heavy atom. The van der Waals surface area contributed by atoms with Crippen molar-refractivity contribution in [3.8, 4) is 5.75 Å². The summed E-state index contributed by atoms with van der Waals surface area (Å²) in [7, 11) is 0. The van der Waals surface area contributed by atoms with E-state index >= 15 is 0 Å². The van der Waals surface area contributed by atoms with E-state index < -0.39 is 6.04 Å². The summed E-state index contributed by atoms with van der Waals surface area (Å²) < 4.78 is 0. The average molecular weight is 333 g/mol. The van der Waals surface area contributed by atoms with Crippen LogP contribution in [0.15, 0.2) is 41.9 Å². The van der Waals surface area contributed by atoms with Crippen molar-refractivity contribution >= 4 is 39.7 Å².